The van der Waals surface area contributed by atoms with Crippen molar-refractivity contribution in [1.29, 1.82) is 0 Å². The molecular formula is C12H16N2O4S. The topological polar surface area (TPSA) is 75.7 Å². The van der Waals surface area contributed by atoms with Crippen LogP contribution in [0.1, 0.15) is 16.6 Å². The Morgan fingerprint density at radius 2 is 2.16 bits per heavy atom. The molecule has 7 heteroatoms. The fourth-order valence-electron chi connectivity index (χ4n) is 1.31. The second-order valence-electron chi connectivity index (χ2n) is 3.72. The molecule has 104 valence electrons. The number of esters is 1. The molecular weight excluding hydrogens is 268 g/mol. The van der Waals surface area contributed by atoms with Crippen molar-refractivity contribution in [3.05, 3.63) is 22.4 Å². The fraction of sp³-hybridized carbons (Fsp3) is 0.417. The molecule has 6 nitrogen and oxygen atoms in total. The van der Waals surface area contributed by atoms with Gasteiger partial charge < -0.3 is 15.0 Å². The molecule has 0 aliphatic heterocycles. The van der Waals surface area contributed by atoms with E-state index in [1.54, 1.807) is 24.4 Å². The molecule has 0 saturated carbocycles. The van der Waals surface area contributed by atoms with Crippen LogP contribution in [-0.4, -0.2) is 49.4 Å². The molecule has 1 aromatic rings. The first-order valence-electron chi connectivity index (χ1n) is 5.76. The Bertz CT molecular complexity index is 445. The lowest BCUT2D eigenvalue weighted by molar-refractivity contribution is -0.143. The minimum atomic E-state index is -0.497. The van der Waals surface area contributed by atoms with Gasteiger partial charge in [0.2, 0.25) is 5.91 Å². The number of likely N-dealkylation sites (N-methyl/N-ethyl adjacent to an activating group) is 1. The minimum absolute atomic E-state index is 0.101. The summed E-state index contributed by atoms with van der Waals surface area (Å²) < 4.78 is 4.67. The fourth-order valence-corrected chi connectivity index (χ4v) is 2.03. The first kappa shape index (κ1) is 15.2. The highest BCUT2D eigenvalue weighted by Crippen LogP contribution is 2.10. The third kappa shape index (κ3) is 5.09. The first-order chi connectivity index (χ1) is 9.04. The highest BCUT2D eigenvalue weighted by molar-refractivity contribution is 7.12. The molecule has 0 bridgehead atoms. The number of hydrogen-bond donors (Lipinski definition) is 1. The second-order valence-corrected chi connectivity index (χ2v) is 4.67. The predicted molar refractivity (Wildman–Crippen MR) is 70.9 cm³/mol. The predicted octanol–water partition coefficient (Wildman–Crippen LogP) is 0.499. The lowest BCUT2D eigenvalue weighted by Crippen LogP contribution is -2.40. The summed E-state index contributed by atoms with van der Waals surface area (Å²) in [5.74, 6) is -1.12. The molecule has 19 heavy (non-hydrogen) atoms. The second kappa shape index (κ2) is 7.52. The van der Waals surface area contributed by atoms with Gasteiger partial charge in [0, 0.05) is 7.05 Å². The van der Waals surface area contributed by atoms with Gasteiger partial charge >= 0.3 is 5.97 Å². The van der Waals surface area contributed by atoms with Gasteiger partial charge in [-0.25, -0.2) is 0 Å². The zero-order valence-corrected chi connectivity index (χ0v) is 11.7. The van der Waals surface area contributed by atoms with E-state index >= 15 is 0 Å². The van der Waals surface area contributed by atoms with Crippen LogP contribution >= 0.6 is 11.3 Å². The molecule has 0 aromatic carbocycles. The number of nitrogens with zero attached hydrogens (tertiary/aromatic N) is 1. The molecule has 0 radical (unpaired) electrons. The molecule has 0 atom stereocenters. The lowest BCUT2D eigenvalue weighted by atomic mass is 10.4. The Balaban J connectivity index is 2.36. The largest absolute Gasteiger partial charge is 0.465 e. The van der Waals surface area contributed by atoms with Crippen LogP contribution < -0.4 is 5.32 Å². The molecule has 1 N–H and O–H groups in total. The number of hydrogen-bond acceptors (Lipinski definition) is 5. The van der Waals surface area contributed by atoms with Crippen LogP contribution in [0.25, 0.3) is 0 Å². The summed E-state index contributed by atoms with van der Waals surface area (Å²) in [7, 11) is 1.53. The highest BCUT2D eigenvalue weighted by Gasteiger charge is 2.16. The number of amides is 2. The van der Waals surface area contributed by atoms with Crippen LogP contribution in [0.4, 0.5) is 0 Å². The minimum Gasteiger partial charge on any atom is -0.465 e. The Morgan fingerprint density at radius 1 is 1.42 bits per heavy atom. The number of ether oxygens (including phenoxy) is 1. The van der Waals surface area contributed by atoms with Crippen molar-refractivity contribution in [2.24, 2.45) is 0 Å². The van der Waals surface area contributed by atoms with E-state index in [1.165, 1.54) is 23.3 Å². The number of carbonyl (C=O) groups excluding carboxylic acids is 3. The van der Waals surface area contributed by atoms with Gasteiger partial charge in [0.15, 0.2) is 0 Å². The van der Waals surface area contributed by atoms with Gasteiger partial charge in [-0.15, -0.1) is 11.3 Å². The summed E-state index contributed by atoms with van der Waals surface area (Å²) in [6, 6.07) is 3.46. The number of nitrogens with one attached hydrogen (secondary N) is 1. The summed E-state index contributed by atoms with van der Waals surface area (Å²) >= 11 is 1.31. The Hall–Kier alpha value is -1.89. The van der Waals surface area contributed by atoms with Gasteiger partial charge in [0.1, 0.15) is 6.54 Å². The Labute approximate surface area is 115 Å². The molecule has 1 rings (SSSR count). The molecule has 0 unspecified atom stereocenters. The molecule has 0 aliphatic rings. The highest BCUT2D eigenvalue weighted by atomic mass is 32.1. The van der Waals surface area contributed by atoms with E-state index in [0.717, 1.165) is 0 Å². The average molecular weight is 284 g/mol. The molecule has 0 fully saturated rings. The smallest absolute Gasteiger partial charge is 0.325 e. The van der Waals surface area contributed by atoms with E-state index < -0.39 is 11.9 Å². The number of rotatable bonds is 6. The quantitative estimate of drug-likeness (QED) is 0.772. The molecule has 2 amide bonds. The van der Waals surface area contributed by atoms with Crippen molar-refractivity contribution >= 4 is 29.1 Å². The van der Waals surface area contributed by atoms with Crippen molar-refractivity contribution in [2.75, 3.05) is 26.7 Å². The van der Waals surface area contributed by atoms with Crippen molar-refractivity contribution in [3.63, 3.8) is 0 Å². The van der Waals surface area contributed by atoms with Gasteiger partial charge in [-0.3, -0.25) is 14.4 Å². The third-order valence-electron chi connectivity index (χ3n) is 2.19. The molecule has 0 aliphatic carbocycles. The van der Waals surface area contributed by atoms with Crippen molar-refractivity contribution in [3.8, 4) is 0 Å². The maximum Gasteiger partial charge on any atom is 0.325 e. The average Bonchev–Trinajstić information content (AvgIpc) is 2.89. The maximum absolute atomic E-state index is 11.8. The standard InChI is InChI=1S/C12H16N2O4S/c1-3-18-11(16)7-13-10(15)8-14(2)12(17)9-5-4-6-19-9/h4-6H,3,7-8H2,1-2H3,(H,13,15). The van der Waals surface area contributed by atoms with Crippen LogP contribution in [0.3, 0.4) is 0 Å². The molecule has 1 aromatic heterocycles. The Morgan fingerprint density at radius 3 is 2.74 bits per heavy atom. The van der Waals surface area contributed by atoms with E-state index in [4.69, 9.17) is 0 Å². The van der Waals surface area contributed by atoms with Gasteiger partial charge in [0.25, 0.3) is 5.91 Å². The van der Waals surface area contributed by atoms with Crippen LogP contribution in [0, 0.1) is 0 Å². The number of thiophene rings is 1. The first-order valence-corrected chi connectivity index (χ1v) is 6.63. The van der Waals surface area contributed by atoms with Gasteiger partial charge in [-0.05, 0) is 18.4 Å². The van der Waals surface area contributed by atoms with E-state index in [0.29, 0.717) is 4.88 Å². The van der Waals surface area contributed by atoms with Crippen LogP contribution in [0.5, 0.6) is 0 Å². The van der Waals surface area contributed by atoms with E-state index in [2.05, 4.69) is 10.1 Å². The van der Waals surface area contributed by atoms with Crippen LogP contribution in [-0.2, 0) is 14.3 Å². The van der Waals surface area contributed by atoms with Gasteiger partial charge in [-0.1, -0.05) is 6.07 Å². The van der Waals surface area contributed by atoms with Gasteiger partial charge in [-0.2, -0.15) is 0 Å². The summed E-state index contributed by atoms with van der Waals surface area (Å²) in [4.78, 5) is 36.3. The monoisotopic (exact) mass is 284 g/mol. The molecule has 0 spiro atoms. The zero-order valence-electron chi connectivity index (χ0n) is 10.8. The summed E-state index contributed by atoms with van der Waals surface area (Å²) in [6.07, 6.45) is 0. The van der Waals surface area contributed by atoms with Crippen molar-refractivity contribution in [1.82, 2.24) is 10.2 Å². The molecule has 1 heterocycles. The zero-order chi connectivity index (χ0) is 14.3. The van der Waals surface area contributed by atoms with Gasteiger partial charge in [0.05, 0.1) is 18.0 Å². The van der Waals surface area contributed by atoms with E-state index in [1.807, 2.05) is 0 Å². The van der Waals surface area contributed by atoms with Crippen LogP contribution in [0.2, 0.25) is 0 Å². The summed E-state index contributed by atoms with van der Waals surface area (Å²) in [5, 5.41) is 4.19. The van der Waals surface area contributed by atoms with E-state index in [-0.39, 0.29) is 25.6 Å². The lowest BCUT2D eigenvalue weighted by Gasteiger charge is -2.15. The summed E-state index contributed by atoms with van der Waals surface area (Å²) in [6.45, 7) is 1.67. The van der Waals surface area contributed by atoms with Crippen LogP contribution in [0.15, 0.2) is 17.5 Å². The van der Waals surface area contributed by atoms with E-state index in [9.17, 15) is 14.4 Å². The summed E-state index contributed by atoms with van der Waals surface area (Å²) in [5.41, 5.74) is 0. The third-order valence-corrected chi connectivity index (χ3v) is 3.05. The number of carbonyl (C=O) groups is 3. The van der Waals surface area contributed by atoms with Crippen molar-refractivity contribution < 1.29 is 19.1 Å². The molecule has 0 saturated heterocycles. The van der Waals surface area contributed by atoms with Crippen molar-refractivity contribution in [2.45, 2.75) is 6.92 Å². The normalized spacial score (nSPS) is 9.79. The maximum atomic E-state index is 11.8. The Kier molecular flexibility index (Phi) is 6.01. The SMILES string of the molecule is CCOC(=O)CNC(=O)CN(C)C(=O)c1cccs1.